The van der Waals surface area contributed by atoms with Gasteiger partial charge >= 0.3 is 0 Å². The van der Waals surface area contributed by atoms with Gasteiger partial charge in [-0.15, -0.1) is 0 Å². The molecule has 0 spiro atoms. The SMILES string of the molecule is CC1CC(C(=O)NC2CCCCC2)(C(N)=NO)C1. The number of nitrogens with two attached hydrogens (primary N) is 1. The second-order valence-corrected chi connectivity index (χ2v) is 5.89. The molecule has 18 heavy (non-hydrogen) atoms. The van der Waals surface area contributed by atoms with Gasteiger partial charge in [0.05, 0.1) is 0 Å². The predicted octanol–water partition coefficient (Wildman–Crippen LogP) is 1.60. The highest BCUT2D eigenvalue weighted by atomic mass is 16.4. The number of nitrogens with zero attached hydrogens (tertiary/aromatic N) is 1. The number of carbonyl (C=O) groups is 1. The normalized spacial score (nSPS) is 33.8. The van der Waals surface area contributed by atoms with Crippen molar-refractivity contribution in [2.24, 2.45) is 22.2 Å². The van der Waals surface area contributed by atoms with Crippen LogP contribution in [0.25, 0.3) is 0 Å². The molecule has 0 aromatic carbocycles. The highest BCUT2D eigenvalue weighted by Gasteiger charge is 2.52. The molecule has 4 N–H and O–H groups in total. The van der Waals surface area contributed by atoms with E-state index in [0.717, 1.165) is 12.8 Å². The van der Waals surface area contributed by atoms with Crippen molar-refractivity contribution in [1.82, 2.24) is 5.32 Å². The summed E-state index contributed by atoms with van der Waals surface area (Å²) in [4.78, 5) is 12.4. The number of hydrogen-bond acceptors (Lipinski definition) is 3. The Morgan fingerprint density at radius 1 is 1.33 bits per heavy atom. The van der Waals surface area contributed by atoms with Crippen molar-refractivity contribution >= 4 is 11.7 Å². The second kappa shape index (κ2) is 5.16. The van der Waals surface area contributed by atoms with Crippen LogP contribution in [0.1, 0.15) is 51.9 Å². The number of oxime groups is 1. The van der Waals surface area contributed by atoms with Crippen molar-refractivity contribution in [2.75, 3.05) is 0 Å². The van der Waals surface area contributed by atoms with E-state index in [1.54, 1.807) is 0 Å². The molecule has 0 atom stereocenters. The lowest BCUT2D eigenvalue weighted by molar-refractivity contribution is -0.134. The molecule has 2 fully saturated rings. The number of rotatable bonds is 3. The number of nitrogens with one attached hydrogen (secondary N) is 1. The molecule has 0 aromatic rings. The lowest BCUT2D eigenvalue weighted by atomic mass is 9.61. The van der Waals surface area contributed by atoms with Crippen LogP contribution in [0.15, 0.2) is 5.16 Å². The van der Waals surface area contributed by atoms with Gasteiger partial charge in [0.2, 0.25) is 5.91 Å². The Kier molecular flexibility index (Phi) is 3.78. The van der Waals surface area contributed by atoms with E-state index >= 15 is 0 Å². The molecule has 0 aromatic heterocycles. The fourth-order valence-electron chi connectivity index (χ4n) is 3.31. The molecule has 102 valence electrons. The molecule has 0 radical (unpaired) electrons. The van der Waals surface area contributed by atoms with Crippen LogP contribution in [-0.4, -0.2) is 23.0 Å². The number of amidine groups is 1. The van der Waals surface area contributed by atoms with Gasteiger partial charge in [0.25, 0.3) is 0 Å². The summed E-state index contributed by atoms with van der Waals surface area (Å²) in [6.45, 7) is 2.08. The summed E-state index contributed by atoms with van der Waals surface area (Å²) in [6, 6.07) is 0.269. The molecule has 2 aliphatic carbocycles. The van der Waals surface area contributed by atoms with Gasteiger partial charge in [-0.1, -0.05) is 31.3 Å². The fraction of sp³-hybridized carbons (Fsp3) is 0.846. The first-order valence-electron chi connectivity index (χ1n) is 6.87. The molecule has 2 saturated carbocycles. The summed E-state index contributed by atoms with van der Waals surface area (Å²) in [5, 5.41) is 15.0. The number of hydrogen-bond donors (Lipinski definition) is 3. The summed E-state index contributed by atoms with van der Waals surface area (Å²) in [5.41, 5.74) is 4.96. The molecule has 5 heteroatoms. The van der Waals surface area contributed by atoms with Gasteiger partial charge in [-0.3, -0.25) is 4.79 Å². The van der Waals surface area contributed by atoms with Crippen molar-refractivity contribution < 1.29 is 10.0 Å². The highest BCUT2D eigenvalue weighted by Crippen LogP contribution is 2.46. The van der Waals surface area contributed by atoms with Crippen LogP contribution in [0.4, 0.5) is 0 Å². The molecule has 5 nitrogen and oxygen atoms in total. The smallest absolute Gasteiger partial charge is 0.234 e. The van der Waals surface area contributed by atoms with E-state index in [1.807, 2.05) is 0 Å². The largest absolute Gasteiger partial charge is 0.409 e. The average Bonchev–Trinajstić information content (AvgIpc) is 2.34. The zero-order valence-electron chi connectivity index (χ0n) is 11.0. The first-order chi connectivity index (χ1) is 8.58. The minimum atomic E-state index is -0.758. The van der Waals surface area contributed by atoms with Crippen molar-refractivity contribution in [3.63, 3.8) is 0 Å². The highest BCUT2D eigenvalue weighted by molar-refractivity contribution is 6.07. The molecule has 0 unspecified atom stereocenters. The monoisotopic (exact) mass is 253 g/mol. The third-order valence-corrected chi connectivity index (χ3v) is 4.37. The van der Waals surface area contributed by atoms with Crippen LogP contribution in [0.3, 0.4) is 0 Å². The summed E-state index contributed by atoms with van der Waals surface area (Å²) in [7, 11) is 0. The third kappa shape index (κ3) is 2.31. The van der Waals surface area contributed by atoms with Gasteiger partial charge in [0.1, 0.15) is 5.41 Å². The molecule has 2 aliphatic rings. The standard InChI is InChI=1S/C13H23N3O2/c1-9-7-13(8-9,11(14)16-18)12(17)15-10-5-3-2-4-6-10/h9-10,18H,2-8H2,1H3,(H2,14,16)(H,15,17). The Labute approximate surface area is 108 Å². The fourth-order valence-corrected chi connectivity index (χ4v) is 3.31. The molecule has 2 rings (SSSR count). The van der Waals surface area contributed by atoms with Gasteiger partial charge in [-0.2, -0.15) is 0 Å². The van der Waals surface area contributed by atoms with Crippen LogP contribution in [0, 0.1) is 11.3 Å². The van der Waals surface area contributed by atoms with Crippen molar-refractivity contribution in [3.8, 4) is 0 Å². The van der Waals surface area contributed by atoms with E-state index in [1.165, 1.54) is 19.3 Å². The van der Waals surface area contributed by atoms with Crippen LogP contribution < -0.4 is 11.1 Å². The van der Waals surface area contributed by atoms with E-state index in [9.17, 15) is 4.79 Å². The van der Waals surface area contributed by atoms with Crippen LogP contribution in [0.5, 0.6) is 0 Å². The first kappa shape index (κ1) is 13.2. The van der Waals surface area contributed by atoms with Gasteiger partial charge in [-0.25, -0.2) is 0 Å². The van der Waals surface area contributed by atoms with E-state index in [4.69, 9.17) is 10.9 Å². The molecule has 0 heterocycles. The number of carbonyl (C=O) groups excluding carboxylic acids is 1. The van der Waals surface area contributed by atoms with Crippen LogP contribution in [-0.2, 0) is 4.79 Å². The zero-order valence-corrected chi connectivity index (χ0v) is 11.0. The Bertz CT molecular complexity index is 342. The summed E-state index contributed by atoms with van der Waals surface area (Å²) >= 11 is 0. The van der Waals surface area contributed by atoms with E-state index in [-0.39, 0.29) is 17.8 Å². The summed E-state index contributed by atoms with van der Waals surface area (Å²) < 4.78 is 0. The van der Waals surface area contributed by atoms with E-state index in [2.05, 4.69) is 17.4 Å². The molecular weight excluding hydrogens is 230 g/mol. The predicted molar refractivity (Wildman–Crippen MR) is 69.3 cm³/mol. The Hall–Kier alpha value is -1.26. The summed E-state index contributed by atoms with van der Waals surface area (Å²) in [6.07, 6.45) is 7.08. The van der Waals surface area contributed by atoms with Crippen molar-refractivity contribution in [1.29, 1.82) is 0 Å². The van der Waals surface area contributed by atoms with Crippen LogP contribution >= 0.6 is 0 Å². The van der Waals surface area contributed by atoms with Gasteiger partial charge in [0.15, 0.2) is 5.84 Å². The maximum Gasteiger partial charge on any atom is 0.234 e. The summed E-state index contributed by atoms with van der Waals surface area (Å²) in [5.74, 6) is 0.471. The molecule has 1 amide bonds. The lowest BCUT2D eigenvalue weighted by Crippen LogP contribution is -2.58. The first-order valence-corrected chi connectivity index (χ1v) is 6.87. The van der Waals surface area contributed by atoms with Gasteiger partial charge in [-0.05, 0) is 31.6 Å². The van der Waals surface area contributed by atoms with Gasteiger partial charge < -0.3 is 16.3 Å². The molecule has 0 bridgehead atoms. The van der Waals surface area contributed by atoms with Crippen molar-refractivity contribution in [3.05, 3.63) is 0 Å². The topological polar surface area (TPSA) is 87.7 Å². The van der Waals surface area contributed by atoms with Gasteiger partial charge in [0, 0.05) is 6.04 Å². The Morgan fingerprint density at radius 2 is 1.94 bits per heavy atom. The number of amides is 1. The Morgan fingerprint density at radius 3 is 2.44 bits per heavy atom. The maximum absolute atomic E-state index is 12.4. The maximum atomic E-state index is 12.4. The molecule has 0 aliphatic heterocycles. The van der Waals surface area contributed by atoms with Crippen molar-refractivity contribution in [2.45, 2.75) is 57.9 Å². The quantitative estimate of drug-likeness (QED) is 0.309. The zero-order chi connectivity index (χ0) is 13.2. The van der Waals surface area contributed by atoms with E-state index in [0.29, 0.717) is 18.8 Å². The second-order valence-electron chi connectivity index (χ2n) is 5.89. The van der Waals surface area contributed by atoms with Crippen LogP contribution in [0.2, 0.25) is 0 Å². The lowest BCUT2D eigenvalue weighted by Gasteiger charge is -2.44. The molecular formula is C13H23N3O2. The minimum absolute atomic E-state index is 0.0530. The Balaban J connectivity index is 2.00. The van der Waals surface area contributed by atoms with E-state index < -0.39 is 5.41 Å². The minimum Gasteiger partial charge on any atom is -0.409 e. The third-order valence-electron chi connectivity index (χ3n) is 4.37. The molecule has 0 saturated heterocycles. The average molecular weight is 253 g/mol.